The second-order valence-corrected chi connectivity index (χ2v) is 7.29. The van der Waals surface area contributed by atoms with Crippen LogP contribution < -0.4 is 5.73 Å². The van der Waals surface area contributed by atoms with Crippen LogP contribution in [0, 0.1) is 5.92 Å². The lowest BCUT2D eigenvalue weighted by molar-refractivity contribution is 0.0462. The number of anilines is 1. The van der Waals surface area contributed by atoms with Crippen molar-refractivity contribution in [3.05, 3.63) is 53.5 Å². The summed E-state index contributed by atoms with van der Waals surface area (Å²) in [6.45, 7) is 1.22. The molecule has 6 nitrogen and oxygen atoms in total. The topological polar surface area (TPSA) is 92.3 Å². The Morgan fingerprint density at radius 1 is 1.15 bits per heavy atom. The van der Waals surface area contributed by atoms with E-state index in [2.05, 4.69) is 9.97 Å². The van der Waals surface area contributed by atoms with Gasteiger partial charge in [-0.15, -0.1) is 0 Å². The molecule has 1 aromatic heterocycles. The van der Waals surface area contributed by atoms with Gasteiger partial charge in [-0.1, -0.05) is 30.3 Å². The van der Waals surface area contributed by atoms with Crippen molar-refractivity contribution in [3.8, 4) is 0 Å². The summed E-state index contributed by atoms with van der Waals surface area (Å²) in [5.74, 6) is 1.49. The van der Waals surface area contributed by atoms with Crippen LogP contribution in [0.1, 0.15) is 59.5 Å². The molecule has 0 bridgehead atoms. The fraction of sp³-hybridized carbons (Fsp3) is 0.450. The van der Waals surface area contributed by atoms with Gasteiger partial charge in [-0.05, 0) is 37.2 Å². The zero-order chi connectivity index (χ0) is 18.1. The minimum absolute atomic E-state index is 0.113. The molecule has 6 heteroatoms. The van der Waals surface area contributed by atoms with Crippen molar-refractivity contribution in [2.24, 2.45) is 5.92 Å². The van der Waals surface area contributed by atoms with Gasteiger partial charge in [0, 0.05) is 25.2 Å². The normalized spacial score (nSPS) is 19.3. The smallest absolute Gasteiger partial charge is 0.259 e. The molecule has 1 aromatic carbocycles. The Balaban J connectivity index is 1.39. The van der Waals surface area contributed by atoms with Gasteiger partial charge in [-0.3, -0.25) is 4.79 Å². The average Bonchev–Trinajstić information content (AvgIpc) is 3.53. The summed E-state index contributed by atoms with van der Waals surface area (Å²) in [7, 11) is 0. The number of benzene rings is 1. The number of carbonyl (C=O) groups excluding carboxylic acids is 1. The van der Waals surface area contributed by atoms with Crippen molar-refractivity contribution in [1.82, 2.24) is 14.9 Å². The van der Waals surface area contributed by atoms with Crippen LogP contribution in [0.25, 0.3) is 0 Å². The molecule has 1 aliphatic heterocycles. The lowest BCUT2D eigenvalue weighted by Crippen LogP contribution is -2.40. The van der Waals surface area contributed by atoms with Crippen LogP contribution in [0.15, 0.2) is 36.5 Å². The zero-order valence-electron chi connectivity index (χ0n) is 14.7. The summed E-state index contributed by atoms with van der Waals surface area (Å²) in [4.78, 5) is 23.2. The number of hydrogen-bond acceptors (Lipinski definition) is 5. The first-order chi connectivity index (χ1) is 12.6. The van der Waals surface area contributed by atoms with Gasteiger partial charge in [0.15, 0.2) is 0 Å². The van der Waals surface area contributed by atoms with E-state index in [-0.39, 0.29) is 17.6 Å². The molecule has 1 saturated heterocycles. The first-order valence-electron chi connectivity index (χ1n) is 9.28. The van der Waals surface area contributed by atoms with Crippen molar-refractivity contribution in [2.45, 2.75) is 37.7 Å². The number of aliphatic hydroxyl groups is 1. The van der Waals surface area contributed by atoms with Gasteiger partial charge >= 0.3 is 0 Å². The van der Waals surface area contributed by atoms with Crippen LogP contribution in [0.3, 0.4) is 0 Å². The highest BCUT2D eigenvalue weighted by Crippen LogP contribution is 2.38. The molecule has 26 heavy (non-hydrogen) atoms. The van der Waals surface area contributed by atoms with E-state index in [1.165, 1.54) is 0 Å². The Morgan fingerprint density at radius 2 is 1.85 bits per heavy atom. The van der Waals surface area contributed by atoms with Crippen LogP contribution in [-0.2, 0) is 0 Å². The predicted octanol–water partition coefficient (Wildman–Crippen LogP) is 2.52. The molecule has 0 spiro atoms. The molecule has 1 atom stereocenters. The molecule has 2 fully saturated rings. The summed E-state index contributed by atoms with van der Waals surface area (Å²) < 4.78 is 0. The maximum absolute atomic E-state index is 12.8. The largest absolute Gasteiger partial charge is 0.388 e. The van der Waals surface area contributed by atoms with Crippen LogP contribution in [0.5, 0.6) is 0 Å². The minimum Gasteiger partial charge on any atom is -0.388 e. The third-order valence-corrected chi connectivity index (χ3v) is 5.42. The number of piperidine rings is 1. The third kappa shape index (κ3) is 3.42. The lowest BCUT2D eigenvalue weighted by Gasteiger charge is -2.34. The fourth-order valence-electron chi connectivity index (χ4n) is 3.62. The minimum atomic E-state index is -0.486. The maximum atomic E-state index is 12.8. The molecule has 1 amide bonds. The van der Waals surface area contributed by atoms with Crippen LogP contribution in [-0.4, -0.2) is 39.0 Å². The fourth-order valence-corrected chi connectivity index (χ4v) is 3.62. The van der Waals surface area contributed by atoms with E-state index >= 15 is 0 Å². The molecule has 3 N–H and O–H groups in total. The zero-order valence-corrected chi connectivity index (χ0v) is 14.7. The van der Waals surface area contributed by atoms with Gasteiger partial charge in [0.25, 0.3) is 5.91 Å². The third-order valence-electron chi connectivity index (χ3n) is 5.42. The Bertz CT molecular complexity index is 784. The number of aliphatic hydroxyl groups excluding tert-OH is 1. The second-order valence-electron chi connectivity index (χ2n) is 7.29. The van der Waals surface area contributed by atoms with Gasteiger partial charge in [0.1, 0.15) is 17.2 Å². The Kier molecular flexibility index (Phi) is 4.59. The molecule has 2 heterocycles. The van der Waals surface area contributed by atoms with Gasteiger partial charge in [0.05, 0.1) is 6.10 Å². The van der Waals surface area contributed by atoms with E-state index in [1.807, 2.05) is 30.3 Å². The van der Waals surface area contributed by atoms with Crippen molar-refractivity contribution >= 4 is 11.7 Å². The van der Waals surface area contributed by atoms with E-state index in [4.69, 9.17) is 5.73 Å². The molecule has 0 radical (unpaired) electrons. The Morgan fingerprint density at radius 3 is 2.46 bits per heavy atom. The molecule has 1 unspecified atom stereocenters. The first-order valence-corrected chi connectivity index (χ1v) is 9.28. The molecule has 2 aromatic rings. The van der Waals surface area contributed by atoms with Crippen molar-refractivity contribution in [1.29, 1.82) is 0 Å². The number of likely N-dealkylation sites (tertiary alicyclic amines) is 1. The van der Waals surface area contributed by atoms with Crippen LogP contribution >= 0.6 is 0 Å². The number of amides is 1. The van der Waals surface area contributed by atoms with Gasteiger partial charge < -0.3 is 15.7 Å². The summed E-state index contributed by atoms with van der Waals surface area (Å²) in [5, 5.41) is 10.6. The number of nitrogen functional groups attached to an aromatic ring is 1. The van der Waals surface area contributed by atoms with Gasteiger partial charge in [-0.25, -0.2) is 9.97 Å². The van der Waals surface area contributed by atoms with Crippen molar-refractivity contribution < 1.29 is 9.90 Å². The number of aromatic nitrogens is 2. The number of nitrogens with two attached hydrogens (primary N) is 1. The first kappa shape index (κ1) is 17.0. The standard InChI is InChI=1S/C20H24N4O2/c21-18-16(12-22-19(23-18)15-6-7-15)20(26)24-10-8-14(9-11-24)17(25)13-4-2-1-3-5-13/h1-5,12,14-15,17,25H,6-11H2,(H2,21,22,23). The highest BCUT2D eigenvalue weighted by Gasteiger charge is 2.31. The van der Waals surface area contributed by atoms with Crippen LogP contribution in [0.2, 0.25) is 0 Å². The van der Waals surface area contributed by atoms with E-state index < -0.39 is 6.10 Å². The van der Waals surface area contributed by atoms with Crippen LogP contribution in [0.4, 0.5) is 5.82 Å². The van der Waals surface area contributed by atoms with E-state index in [9.17, 15) is 9.90 Å². The monoisotopic (exact) mass is 352 g/mol. The molecule has 1 aliphatic carbocycles. The number of carbonyl (C=O) groups is 1. The Hall–Kier alpha value is -2.47. The Labute approximate surface area is 153 Å². The highest BCUT2D eigenvalue weighted by molar-refractivity contribution is 5.98. The lowest BCUT2D eigenvalue weighted by atomic mass is 9.87. The number of rotatable bonds is 4. The average molecular weight is 352 g/mol. The quantitative estimate of drug-likeness (QED) is 0.882. The maximum Gasteiger partial charge on any atom is 0.259 e. The molecule has 1 saturated carbocycles. The van der Waals surface area contributed by atoms with Gasteiger partial charge in [-0.2, -0.15) is 0 Å². The SMILES string of the molecule is Nc1nc(C2CC2)ncc1C(=O)N1CCC(C(O)c2ccccc2)CC1. The summed E-state index contributed by atoms with van der Waals surface area (Å²) in [6, 6.07) is 9.71. The molecule has 136 valence electrons. The van der Waals surface area contributed by atoms with Crippen molar-refractivity contribution in [3.63, 3.8) is 0 Å². The highest BCUT2D eigenvalue weighted by atomic mass is 16.3. The van der Waals surface area contributed by atoms with Gasteiger partial charge in [0.2, 0.25) is 0 Å². The number of hydrogen-bond donors (Lipinski definition) is 2. The van der Waals surface area contributed by atoms with Crippen molar-refractivity contribution in [2.75, 3.05) is 18.8 Å². The molecular weight excluding hydrogens is 328 g/mol. The molecule has 2 aliphatic rings. The van der Waals surface area contributed by atoms with E-state index in [1.54, 1.807) is 11.1 Å². The summed E-state index contributed by atoms with van der Waals surface area (Å²) >= 11 is 0. The predicted molar refractivity (Wildman–Crippen MR) is 98.4 cm³/mol. The molecular formula is C20H24N4O2. The van der Waals surface area contributed by atoms with E-state index in [0.717, 1.165) is 37.1 Å². The summed E-state index contributed by atoms with van der Waals surface area (Å²) in [5.41, 5.74) is 7.33. The molecule has 4 rings (SSSR count). The summed E-state index contributed by atoms with van der Waals surface area (Å²) in [6.07, 6.45) is 4.82. The number of nitrogens with zero attached hydrogens (tertiary/aromatic N) is 3. The van der Waals surface area contributed by atoms with E-state index in [0.29, 0.717) is 24.6 Å². The second kappa shape index (κ2) is 7.03.